The van der Waals surface area contributed by atoms with Gasteiger partial charge in [-0.15, -0.1) is 5.10 Å². The van der Waals surface area contributed by atoms with Crippen molar-refractivity contribution < 1.29 is 27.5 Å². The SMILES string of the molecule is O=C(Cn1cnnn1)N1CCC2(CC1)CCN(C(=O)c1cccnc1OCC(F)(F)F)C2. The molecule has 2 aromatic heterocycles. The van der Waals surface area contributed by atoms with Crippen molar-refractivity contribution >= 4 is 11.8 Å². The predicted molar refractivity (Wildman–Crippen MR) is 102 cm³/mol. The van der Waals surface area contributed by atoms with E-state index in [2.05, 4.69) is 20.5 Å². The minimum atomic E-state index is -4.52. The number of ether oxygens (including phenoxy) is 1. The first kappa shape index (κ1) is 22.0. The Labute approximate surface area is 181 Å². The number of piperidine rings is 1. The largest absolute Gasteiger partial charge is 0.467 e. The zero-order valence-electron chi connectivity index (χ0n) is 17.2. The van der Waals surface area contributed by atoms with Gasteiger partial charge in [0.25, 0.3) is 5.91 Å². The first-order valence-electron chi connectivity index (χ1n) is 10.2. The number of alkyl halides is 3. The number of amides is 2. The van der Waals surface area contributed by atoms with Gasteiger partial charge >= 0.3 is 6.18 Å². The van der Waals surface area contributed by atoms with E-state index >= 15 is 0 Å². The summed E-state index contributed by atoms with van der Waals surface area (Å²) in [5, 5.41) is 10.7. The Morgan fingerprint density at radius 3 is 2.50 bits per heavy atom. The highest BCUT2D eigenvalue weighted by molar-refractivity contribution is 5.96. The molecule has 4 rings (SSSR count). The van der Waals surface area contributed by atoms with Crippen LogP contribution in [0.2, 0.25) is 0 Å². The van der Waals surface area contributed by atoms with Crippen molar-refractivity contribution in [3.63, 3.8) is 0 Å². The maximum Gasteiger partial charge on any atom is 0.422 e. The zero-order valence-corrected chi connectivity index (χ0v) is 17.2. The highest BCUT2D eigenvalue weighted by atomic mass is 19.4. The number of likely N-dealkylation sites (tertiary alicyclic amines) is 2. The molecule has 0 atom stereocenters. The van der Waals surface area contributed by atoms with Gasteiger partial charge in [-0.2, -0.15) is 13.2 Å². The van der Waals surface area contributed by atoms with Crippen LogP contribution in [0.5, 0.6) is 5.88 Å². The summed E-state index contributed by atoms with van der Waals surface area (Å²) in [5.41, 5.74) is -0.0981. The molecule has 0 N–H and O–H groups in total. The van der Waals surface area contributed by atoms with Gasteiger partial charge in [-0.05, 0) is 47.2 Å². The summed E-state index contributed by atoms with van der Waals surface area (Å²) >= 11 is 0. The van der Waals surface area contributed by atoms with Gasteiger partial charge in [-0.1, -0.05) is 0 Å². The summed E-state index contributed by atoms with van der Waals surface area (Å²) in [5.74, 6) is -0.789. The van der Waals surface area contributed by atoms with Gasteiger partial charge in [0, 0.05) is 32.4 Å². The Balaban J connectivity index is 1.35. The van der Waals surface area contributed by atoms with E-state index in [0.29, 0.717) is 26.2 Å². The summed E-state index contributed by atoms with van der Waals surface area (Å²) in [4.78, 5) is 32.7. The molecule has 2 amide bonds. The molecule has 0 unspecified atom stereocenters. The van der Waals surface area contributed by atoms with Gasteiger partial charge in [0.05, 0.1) is 0 Å². The van der Waals surface area contributed by atoms with Crippen LogP contribution in [0.25, 0.3) is 0 Å². The summed E-state index contributed by atoms with van der Waals surface area (Å²) in [7, 11) is 0. The second kappa shape index (κ2) is 8.71. The lowest BCUT2D eigenvalue weighted by Gasteiger charge is -2.39. The molecule has 0 bridgehead atoms. The Kier molecular flexibility index (Phi) is 5.98. The first-order chi connectivity index (χ1) is 15.2. The second-order valence-electron chi connectivity index (χ2n) is 8.12. The summed E-state index contributed by atoms with van der Waals surface area (Å²) in [6, 6.07) is 2.92. The molecular weight excluding hydrogens is 431 g/mol. The molecule has 2 aliphatic heterocycles. The number of tetrazole rings is 1. The average molecular weight is 453 g/mol. The average Bonchev–Trinajstić information content (AvgIpc) is 3.42. The lowest BCUT2D eigenvalue weighted by Crippen LogP contribution is -2.45. The van der Waals surface area contributed by atoms with E-state index < -0.39 is 18.7 Å². The second-order valence-corrected chi connectivity index (χ2v) is 8.12. The van der Waals surface area contributed by atoms with E-state index in [4.69, 9.17) is 4.74 Å². The standard InChI is InChI=1S/C19H22F3N7O3/c20-19(21,22)12-32-16-14(2-1-6-23-16)17(31)28-9-5-18(11-28)3-7-27(8-4-18)15(30)10-29-13-24-25-26-29/h1-2,6,13H,3-5,7-12H2. The maximum atomic E-state index is 13.0. The quantitative estimate of drug-likeness (QED) is 0.669. The highest BCUT2D eigenvalue weighted by Gasteiger charge is 2.43. The summed E-state index contributed by atoms with van der Waals surface area (Å²) < 4.78 is 43.7. The lowest BCUT2D eigenvalue weighted by molar-refractivity contribution is -0.154. The van der Waals surface area contributed by atoms with Crippen molar-refractivity contribution in [2.24, 2.45) is 5.41 Å². The molecule has 13 heteroatoms. The van der Waals surface area contributed by atoms with Gasteiger partial charge in [0.1, 0.15) is 18.4 Å². The fourth-order valence-corrected chi connectivity index (χ4v) is 4.23. The van der Waals surface area contributed by atoms with Gasteiger partial charge in [0.2, 0.25) is 11.8 Å². The van der Waals surface area contributed by atoms with E-state index in [1.807, 2.05) is 0 Å². The number of halogens is 3. The molecule has 2 fully saturated rings. The van der Waals surface area contributed by atoms with Gasteiger partial charge < -0.3 is 14.5 Å². The number of hydrogen-bond acceptors (Lipinski definition) is 7. The molecule has 1 spiro atoms. The predicted octanol–water partition coefficient (Wildman–Crippen LogP) is 1.16. The minimum Gasteiger partial charge on any atom is -0.467 e. The van der Waals surface area contributed by atoms with Gasteiger partial charge in [0.15, 0.2) is 6.61 Å². The zero-order chi connectivity index (χ0) is 22.8. The van der Waals surface area contributed by atoms with Crippen LogP contribution >= 0.6 is 0 Å². The highest BCUT2D eigenvalue weighted by Crippen LogP contribution is 2.41. The van der Waals surface area contributed by atoms with Crippen LogP contribution in [0.1, 0.15) is 29.6 Å². The van der Waals surface area contributed by atoms with E-state index in [0.717, 1.165) is 19.3 Å². The molecule has 4 heterocycles. The van der Waals surface area contributed by atoms with E-state index in [9.17, 15) is 22.8 Å². The summed E-state index contributed by atoms with van der Waals surface area (Å²) in [6.45, 7) is 0.667. The Morgan fingerprint density at radius 2 is 1.84 bits per heavy atom. The molecule has 2 aliphatic rings. The molecule has 32 heavy (non-hydrogen) atoms. The molecule has 172 valence electrons. The number of nitrogens with zero attached hydrogens (tertiary/aromatic N) is 7. The minimum absolute atomic E-state index is 0.0165. The number of hydrogen-bond donors (Lipinski definition) is 0. The van der Waals surface area contributed by atoms with E-state index in [1.54, 1.807) is 9.80 Å². The number of rotatable bonds is 5. The van der Waals surface area contributed by atoms with Crippen molar-refractivity contribution in [3.8, 4) is 5.88 Å². The van der Waals surface area contributed by atoms with Gasteiger partial charge in [-0.3, -0.25) is 9.59 Å². The summed E-state index contributed by atoms with van der Waals surface area (Å²) in [6.07, 6.45) is 0.397. The smallest absolute Gasteiger partial charge is 0.422 e. The van der Waals surface area contributed by atoms with Crippen LogP contribution in [0, 0.1) is 5.41 Å². The molecule has 2 saturated heterocycles. The Morgan fingerprint density at radius 1 is 1.12 bits per heavy atom. The molecule has 2 aromatic rings. The Hall–Kier alpha value is -3.25. The van der Waals surface area contributed by atoms with E-state index in [-0.39, 0.29) is 29.3 Å². The molecule has 0 radical (unpaired) electrons. The number of carbonyl (C=O) groups is 2. The third-order valence-electron chi connectivity index (χ3n) is 5.97. The van der Waals surface area contributed by atoms with Crippen molar-refractivity contribution in [2.45, 2.75) is 32.0 Å². The molecular formula is C19H22F3N7O3. The maximum absolute atomic E-state index is 13.0. The van der Waals surface area contributed by atoms with Crippen molar-refractivity contribution in [3.05, 3.63) is 30.2 Å². The van der Waals surface area contributed by atoms with Crippen LogP contribution in [0.3, 0.4) is 0 Å². The van der Waals surface area contributed by atoms with E-state index in [1.165, 1.54) is 29.3 Å². The van der Waals surface area contributed by atoms with Crippen LogP contribution < -0.4 is 4.74 Å². The third-order valence-corrected chi connectivity index (χ3v) is 5.97. The molecule has 0 saturated carbocycles. The van der Waals surface area contributed by atoms with Crippen molar-refractivity contribution in [2.75, 3.05) is 32.8 Å². The van der Waals surface area contributed by atoms with Crippen LogP contribution in [-0.4, -0.2) is 85.8 Å². The molecule has 0 aromatic carbocycles. The topological polar surface area (TPSA) is 106 Å². The van der Waals surface area contributed by atoms with Crippen molar-refractivity contribution in [1.29, 1.82) is 0 Å². The number of carbonyl (C=O) groups excluding carboxylic acids is 2. The Bertz CT molecular complexity index is 959. The van der Waals surface area contributed by atoms with Crippen LogP contribution in [0.4, 0.5) is 13.2 Å². The molecule has 0 aliphatic carbocycles. The van der Waals surface area contributed by atoms with Crippen molar-refractivity contribution in [1.82, 2.24) is 35.0 Å². The fourth-order valence-electron chi connectivity index (χ4n) is 4.23. The first-order valence-corrected chi connectivity index (χ1v) is 10.2. The lowest BCUT2D eigenvalue weighted by atomic mass is 9.78. The van der Waals surface area contributed by atoms with Gasteiger partial charge in [-0.25, -0.2) is 9.67 Å². The molecule has 10 nitrogen and oxygen atoms in total. The third kappa shape index (κ3) is 4.97. The van der Waals surface area contributed by atoms with Crippen LogP contribution in [-0.2, 0) is 11.3 Å². The van der Waals surface area contributed by atoms with Crippen LogP contribution in [0.15, 0.2) is 24.7 Å². The number of aromatic nitrogens is 5. The monoisotopic (exact) mass is 453 g/mol. The normalized spacial score (nSPS) is 18.2. The number of pyridine rings is 1. The fraction of sp³-hybridized carbons (Fsp3) is 0.579.